The molecular formula is C16H27N5O3. The molecule has 1 spiro atoms. The van der Waals surface area contributed by atoms with Crippen LogP contribution in [0, 0.1) is 12.3 Å². The smallest absolute Gasteiger partial charge is 0.244 e. The molecule has 134 valence electrons. The molecule has 1 aromatic heterocycles. The molecule has 2 heterocycles. The number of hydrogen-bond acceptors (Lipinski definition) is 6. The number of carbonyl (C=O) groups is 1. The fourth-order valence-corrected chi connectivity index (χ4v) is 3.92. The second-order valence-corrected chi connectivity index (χ2v) is 6.88. The first kappa shape index (κ1) is 17.2. The SMILES string of the molecule is Cc1cc(N)n(CC(=O)N2CCC3(CC2)[C@H](O)C[C@@H]3OCCN)n1. The van der Waals surface area contributed by atoms with Gasteiger partial charge in [-0.15, -0.1) is 0 Å². The lowest BCUT2D eigenvalue weighted by molar-refractivity contribution is -0.210. The van der Waals surface area contributed by atoms with Crippen LogP contribution < -0.4 is 11.5 Å². The van der Waals surface area contributed by atoms with Crippen molar-refractivity contribution in [2.75, 3.05) is 32.0 Å². The summed E-state index contributed by atoms with van der Waals surface area (Å²) >= 11 is 0. The van der Waals surface area contributed by atoms with E-state index < -0.39 is 0 Å². The first-order valence-electron chi connectivity index (χ1n) is 8.53. The minimum atomic E-state index is -0.345. The summed E-state index contributed by atoms with van der Waals surface area (Å²) in [6, 6.07) is 1.75. The molecule has 1 aromatic rings. The van der Waals surface area contributed by atoms with E-state index >= 15 is 0 Å². The van der Waals surface area contributed by atoms with Crippen molar-refractivity contribution >= 4 is 11.7 Å². The quantitative estimate of drug-likeness (QED) is 0.666. The topological polar surface area (TPSA) is 120 Å². The number of nitrogen functional groups attached to an aromatic ring is 1. The van der Waals surface area contributed by atoms with Gasteiger partial charge in [-0.3, -0.25) is 4.79 Å². The fraction of sp³-hybridized carbons (Fsp3) is 0.750. The van der Waals surface area contributed by atoms with Crippen molar-refractivity contribution in [3.63, 3.8) is 0 Å². The van der Waals surface area contributed by atoms with Crippen LogP contribution in [0.15, 0.2) is 6.07 Å². The number of nitrogens with two attached hydrogens (primary N) is 2. The molecule has 1 aliphatic heterocycles. The lowest BCUT2D eigenvalue weighted by Crippen LogP contribution is -2.63. The predicted octanol–water partition coefficient (Wildman–Crippen LogP) is -0.509. The van der Waals surface area contributed by atoms with Gasteiger partial charge in [0.15, 0.2) is 0 Å². The minimum Gasteiger partial charge on any atom is -0.392 e. The van der Waals surface area contributed by atoms with Gasteiger partial charge >= 0.3 is 0 Å². The summed E-state index contributed by atoms with van der Waals surface area (Å²) < 4.78 is 7.32. The highest BCUT2D eigenvalue weighted by Crippen LogP contribution is 2.50. The number of nitrogens with zero attached hydrogens (tertiary/aromatic N) is 3. The van der Waals surface area contributed by atoms with Crippen LogP contribution in [0.3, 0.4) is 0 Å². The molecule has 1 saturated heterocycles. The lowest BCUT2D eigenvalue weighted by Gasteiger charge is -2.56. The number of hydrogen-bond donors (Lipinski definition) is 3. The van der Waals surface area contributed by atoms with Gasteiger partial charge < -0.3 is 26.2 Å². The van der Waals surface area contributed by atoms with E-state index in [2.05, 4.69) is 5.10 Å². The molecule has 0 aromatic carbocycles. The summed E-state index contributed by atoms with van der Waals surface area (Å²) in [5.74, 6) is 0.506. The third kappa shape index (κ3) is 3.01. The van der Waals surface area contributed by atoms with Crippen molar-refractivity contribution in [1.29, 1.82) is 0 Å². The van der Waals surface area contributed by atoms with Gasteiger partial charge in [-0.25, -0.2) is 4.68 Å². The van der Waals surface area contributed by atoms with Crippen LogP contribution in [0.4, 0.5) is 5.82 Å². The molecule has 1 amide bonds. The number of aromatic nitrogens is 2. The first-order valence-corrected chi connectivity index (χ1v) is 8.53. The van der Waals surface area contributed by atoms with Crippen molar-refractivity contribution in [3.8, 4) is 0 Å². The molecule has 0 bridgehead atoms. The van der Waals surface area contributed by atoms with E-state index in [1.165, 1.54) is 4.68 Å². The highest BCUT2D eigenvalue weighted by molar-refractivity contribution is 5.76. The van der Waals surface area contributed by atoms with Crippen LogP contribution in [0.25, 0.3) is 0 Å². The van der Waals surface area contributed by atoms with Crippen LogP contribution in [-0.4, -0.2) is 64.1 Å². The molecule has 8 heteroatoms. The Labute approximate surface area is 141 Å². The summed E-state index contributed by atoms with van der Waals surface area (Å²) in [5.41, 5.74) is 11.9. The Kier molecular flexibility index (Phi) is 4.80. The standard InChI is InChI=1S/C16H27N5O3/c1-11-8-14(18)21(19-11)10-15(23)20-5-2-16(3-6-20)12(22)9-13(16)24-7-4-17/h8,12-13,22H,2-7,9-10,17-18H2,1H3/t12-,13+/m1/s1. The van der Waals surface area contributed by atoms with E-state index in [4.69, 9.17) is 16.2 Å². The van der Waals surface area contributed by atoms with Crippen molar-refractivity contribution in [1.82, 2.24) is 14.7 Å². The number of rotatable bonds is 5. The number of aliphatic hydroxyl groups excluding tert-OH is 1. The highest BCUT2D eigenvalue weighted by Gasteiger charge is 2.56. The molecule has 2 atom stereocenters. The number of piperidine rings is 1. The van der Waals surface area contributed by atoms with E-state index in [0.29, 0.717) is 38.5 Å². The maximum atomic E-state index is 12.5. The number of carbonyl (C=O) groups excluding carboxylic acids is 1. The van der Waals surface area contributed by atoms with E-state index in [9.17, 15) is 9.90 Å². The van der Waals surface area contributed by atoms with Gasteiger partial charge in [0, 0.05) is 37.5 Å². The van der Waals surface area contributed by atoms with Crippen molar-refractivity contribution in [3.05, 3.63) is 11.8 Å². The Morgan fingerprint density at radius 2 is 2.21 bits per heavy atom. The third-order valence-corrected chi connectivity index (χ3v) is 5.44. The fourth-order valence-electron chi connectivity index (χ4n) is 3.92. The average Bonchev–Trinajstić information content (AvgIpc) is 2.88. The summed E-state index contributed by atoms with van der Waals surface area (Å²) in [6.45, 7) is 4.25. The van der Waals surface area contributed by atoms with Crippen LogP contribution >= 0.6 is 0 Å². The van der Waals surface area contributed by atoms with Crippen LogP contribution in [0.1, 0.15) is 25.0 Å². The van der Waals surface area contributed by atoms with Crippen molar-refractivity contribution < 1.29 is 14.6 Å². The Bertz CT molecular complexity index is 595. The molecule has 1 aliphatic carbocycles. The number of amides is 1. The zero-order valence-corrected chi connectivity index (χ0v) is 14.1. The molecule has 0 unspecified atom stereocenters. The number of aliphatic hydroxyl groups is 1. The van der Waals surface area contributed by atoms with Gasteiger partial charge in [0.1, 0.15) is 12.4 Å². The molecule has 1 saturated carbocycles. The van der Waals surface area contributed by atoms with Crippen molar-refractivity contribution in [2.24, 2.45) is 11.1 Å². The van der Waals surface area contributed by atoms with Gasteiger partial charge in [-0.1, -0.05) is 0 Å². The zero-order valence-electron chi connectivity index (χ0n) is 14.1. The molecule has 0 radical (unpaired) electrons. The third-order valence-electron chi connectivity index (χ3n) is 5.44. The number of ether oxygens (including phenoxy) is 1. The number of anilines is 1. The van der Waals surface area contributed by atoms with Gasteiger partial charge in [0.05, 0.1) is 24.5 Å². The van der Waals surface area contributed by atoms with Crippen LogP contribution in [0.5, 0.6) is 0 Å². The summed E-state index contributed by atoms with van der Waals surface area (Å²) in [6.07, 6.45) is 1.88. The summed E-state index contributed by atoms with van der Waals surface area (Å²) in [7, 11) is 0. The van der Waals surface area contributed by atoms with E-state index in [-0.39, 0.29) is 30.1 Å². The number of aryl methyl sites for hydroxylation is 1. The maximum Gasteiger partial charge on any atom is 0.244 e. The summed E-state index contributed by atoms with van der Waals surface area (Å²) in [4.78, 5) is 14.3. The van der Waals surface area contributed by atoms with Gasteiger partial charge in [0.25, 0.3) is 0 Å². The zero-order chi connectivity index (χ0) is 17.3. The molecule has 5 N–H and O–H groups in total. The highest BCUT2D eigenvalue weighted by atomic mass is 16.5. The normalized spacial score (nSPS) is 25.7. The molecule has 2 aliphatic rings. The maximum absolute atomic E-state index is 12.5. The molecule has 2 fully saturated rings. The second kappa shape index (κ2) is 6.70. The number of likely N-dealkylation sites (tertiary alicyclic amines) is 1. The Morgan fingerprint density at radius 1 is 1.50 bits per heavy atom. The minimum absolute atomic E-state index is 0.00731. The Morgan fingerprint density at radius 3 is 2.75 bits per heavy atom. The Hall–Kier alpha value is -1.64. The monoisotopic (exact) mass is 337 g/mol. The molecule has 8 nitrogen and oxygen atoms in total. The lowest BCUT2D eigenvalue weighted by atomic mass is 9.58. The van der Waals surface area contributed by atoms with E-state index in [0.717, 1.165) is 18.5 Å². The van der Waals surface area contributed by atoms with Gasteiger partial charge in [0.2, 0.25) is 5.91 Å². The second-order valence-electron chi connectivity index (χ2n) is 6.88. The summed E-state index contributed by atoms with van der Waals surface area (Å²) in [5, 5.41) is 14.5. The van der Waals surface area contributed by atoms with Gasteiger partial charge in [-0.05, 0) is 19.8 Å². The van der Waals surface area contributed by atoms with Gasteiger partial charge in [-0.2, -0.15) is 5.10 Å². The van der Waals surface area contributed by atoms with Crippen LogP contribution in [-0.2, 0) is 16.1 Å². The first-order chi connectivity index (χ1) is 11.5. The average molecular weight is 337 g/mol. The van der Waals surface area contributed by atoms with E-state index in [1.807, 2.05) is 11.8 Å². The van der Waals surface area contributed by atoms with Crippen molar-refractivity contribution in [2.45, 2.75) is 44.9 Å². The molecule has 3 rings (SSSR count). The predicted molar refractivity (Wildman–Crippen MR) is 89.0 cm³/mol. The molecular weight excluding hydrogens is 310 g/mol. The molecule has 24 heavy (non-hydrogen) atoms. The van der Waals surface area contributed by atoms with Crippen LogP contribution in [0.2, 0.25) is 0 Å². The Balaban J connectivity index is 1.56. The van der Waals surface area contributed by atoms with E-state index in [1.54, 1.807) is 6.07 Å². The largest absolute Gasteiger partial charge is 0.392 e.